The van der Waals surface area contributed by atoms with Crippen molar-refractivity contribution in [2.45, 2.75) is 26.4 Å². The lowest BCUT2D eigenvalue weighted by atomic mass is 9.96. The number of hydrogen-bond acceptors (Lipinski definition) is 3. The molecular weight excluding hydrogens is 228 g/mol. The molecule has 0 spiro atoms. The molecule has 0 bridgehead atoms. The Labute approximate surface area is 106 Å². The lowest BCUT2D eigenvalue weighted by molar-refractivity contribution is 0.0742. The van der Waals surface area contributed by atoms with Crippen molar-refractivity contribution >= 4 is 16.8 Å². The van der Waals surface area contributed by atoms with E-state index in [4.69, 9.17) is 9.15 Å². The van der Waals surface area contributed by atoms with E-state index in [9.17, 15) is 4.79 Å². The van der Waals surface area contributed by atoms with Crippen LogP contribution in [0, 0.1) is 12.8 Å². The van der Waals surface area contributed by atoms with Gasteiger partial charge in [-0.15, -0.1) is 0 Å². The summed E-state index contributed by atoms with van der Waals surface area (Å²) < 4.78 is 11.2. The van der Waals surface area contributed by atoms with Crippen LogP contribution >= 0.6 is 0 Å². The molecule has 1 aromatic carbocycles. The first-order chi connectivity index (χ1) is 8.66. The number of benzene rings is 1. The Balaban J connectivity index is 1.99. The third-order valence-electron chi connectivity index (χ3n) is 3.70. The molecule has 0 radical (unpaired) electrons. The van der Waals surface area contributed by atoms with E-state index in [-0.39, 0.29) is 17.8 Å². The van der Waals surface area contributed by atoms with Crippen LogP contribution in [0.1, 0.15) is 29.5 Å². The van der Waals surface area contributed by atoms with Gasteiger partial charge in [-0.05, 0) is 31.9 Å². The predicted octanol–water partition coefficient (Wildman–Crippen LogP) is 3.35. The van der Waals surface area contributed by atoms with Crippen molar-refractivity contribution in [1.82, 2.24) is 0 Å². The fourth-order valence-corrected chi connectivity index (χ4v) is 2.59. The van der Waals surface area contributed by atoms with Crippen LogP contribution in [0.5, 0.6) is 0 Å². The third-order valence-corrected chi connectivity index (χ3v) is 3.70. The first-order valence-electron chi connectivity index (χ1n) is 6.32. The van der Waals surface area contributed by atoms with Crippen molar-refractivity contribution in [3.63, 3.8) is 0 Å². The molecule has 18 heavy (non-hydrogen) atoms. The summed E-state index contributed by atoms with van der Waals surface area (Å²) in [6, 6.07) is 7.77. The van der Waals surface area contributed by atoms with Gasteiger partial charge in [0.05, 0.1) is 12.0 Å². The molecule has 3 nitrogen and oxygen atoms in total. The molecule has 1 aromatic heterocycles. The average Bonchev–Trinajstić information content (AvgIpc) is 2.95. The van der Waals surface area contributed by atoms with E-state index < -0.39 is 0 Å². The Bertz CT molecular complexity index is 597. The Kier molecular flexibility index (Phi) is 2.71. The Morgan fingerprint density at radius 1 is 1.39 bits per heavy atom. The van der Waals surface area contributed by atoms with Gasteiger partial charge in [0.2, 0.25) is 5.78 Å². The highest BCUT2D eigenvalue weighted by Crippen LogP contribution is 2.28. The highest BCUT2D eigenvalue weighted by Gasteiger charge is 2.33. The summed E-state index contributed by atoms with van der Waals surface area (Å²) >= 11 is 0. The van der Waals surface area contributed by atoms with Gasteiger partial charge in [-0.2, -0.15) is 0 Å². The molecule has 1 aliphatic heterocycles. The predicted molar refractivity (Wildman–Crippen MR) is 68.8 cm³/mol. The number of furan rings is 1. The lowest BCUT2D eigenvalue weighted by Crippen LogP contribution is -2.21. The molecule has 0 saturated carbocycles. The maximum atomic E-state index is 12.4. The van der Waals surface area contributed by atoms with Gasteiger partial charge in [0.25, 0.3) is 0 Å². The smallest absolute Gasteiger partial charge is 0.203 e. The van der Waals surface area contributed by atoms with E-state index in [0.717, 1.165) is 23.0 Å². The Morgan fingerprint density at radius 2 is 2.22 bits per heavy atom. The van der Waals surface area contributed by atoms with Gasteiger partial charge in [0.1, 0.15) is 5.58 Å². The summed E-state index contributed by atoms with van der Waals surface area (Å²) in [5.41, 5.74) is 1.87. The number of hydrogen-bond donors (Lipinski definition) is 0. The van der Waals surface area contributed by atoms with Gasteiger partial charge < -0.3 is 9.15 Å². The normalized spacial score (nSPS) is 23.7. The SMILES string of the molecule is Cc1cccc2cc(C(=O)C3CCOC3C)oc12. The summed E-state index contributed by atoms with van der Waals surface area (Å²) in [4.78, 5) is 12.4. The highest BCUT2D eigenvalue weighted by atomic mass is 16.5. The fraction of sp³-hybridized carbons (Fsp3) is 0.400. The van der Waals surface area contributed by atoms with Crippen LogP contribution in [-0.2, 0) is 4.74 Å². The lowest BCUT2D eigenvalue weighted by Gasteiger charge is -2.10. The molecule has 2 atom stereocenters. The minimum atomic E-state index is -0.0640. The minimum Gasteiger partial charge on any atom is -0.453 e. The number of aryl methyl sites for hydroxylation is 1. The average molecular weight is 244 g/mol. The van der Waals surface area contributed by atoms with Gasteiger partial charge >= 0.3 is 0 Å². The maximum Gasteiger partial charge on any atom is 0.203 e. The molecule has 1 aliphatic rings. The van der Waals surface area contributed by atoms with E-state index in [1.807, 2.05) is 38.1 Å². The molecule has 1 fully saturated rings. The molecule has 0 N–H and O–H groups in total. The second-order valence-electron chi connectivity index (χ2n) is 4.94. The number of Topliss-reactive ketones (excluding diaryl/α,β-unsaturated/α-hetero) is 1. The van der Waals surface area contributed by atoms with Crippen molar-refractivity contribution in [1.29, 1.82) is 0 Å². The first kappa shape index (κ1) is 11.5. The van der Waals surface area contributed by atoms with Crippen LogP contribution in [0.4, 0.5) is 0 Å². The minimum absolute atomic E-state index is 0.00758. The van der Waals surface area contributed by atoms with E-state index >= 15 is 0 Å². The molecule has 0 aliphatic carbocycles. The molecular formula is C15H16O3. The molecule has 0 amide bonds. The Hall–Kier alpha value is -1.61. The van der Waals surface area contributed by atoms with Crippen molar-refractivity contribution in [2.75, 3.05) is 6.61 Å². The summed E-state index contributed by atoms with van der Waals surface area (Å²) in [5, 5.41) is 0.991. The number of carbonyl (C=O) groups is 1. The van der Waals surface area contributed by atoms with Gasteiger partial charge in [0.15, 0.2) is 5.76 Å². The van der Waals surface area contributed by atoms with Gasteiger partial charge in [0, 0.05) is 12.0 Å². The maximum absolute atomic E-state index is 12.4. The molecule has 2 heterocycles. The standard InChI is InChI=1S/C15H16O3/c1-9-4-3-5-11-8-13(18-15(9)11)14(16)12-6-7-17-10(12)2/h3-5,8,10,12H,6-7H2,1-2H3. The van der Waals surface area contributed by atoms with Crippen LogP contribution < -0.4 is 0 Å². The van der Waals surface area contributed by atoms with E-state index in [2.05, 4.69) is 0 Å². The van der Waals surface area contributed by atoms with Crippen molar-refractivity contribution in [3.8, 4) is 0 Å². The molecule has 3 rings (SSSR count). The summed E-state index contributed by atoms with van der Waals surface area (Å²) in [6.07, 6.45) is 0.780. The number of fused-ring (bicyclic) bond motifs is 1. The second-order valence-corrected chi connectivity index (χ2v) is 4.94. The van der Waals surface area contributed by atoms with Crippen molar-refractivity contribution < 1.29 is 13.9 Å². The second kappa shape index (κ2) is 4.25. The van der Waals surface area contributed by atoms with Crippen LogP contribution in [-0.4, -0.2) is 18.5 Å². The van der Waals surface area contributed by atoms with Gasteiger partial charge in [-0.3, -0.25) is 4.79 Å². The molecule has 3 heteroatoms. The van der Waals surface area contributed by atoms with Crippen LogP contribution in [0.2, 0.25) is 0 Å². The fourth-order valence-electron chi connectivity index (χ4n) is 2.59. The zero-order chi connectivity index (χ0) is 12.7. The zero-order valence-corrected chi connectivity index (χ0v) is 10.6. The molecule has 2 aromatic rings. The van der Waals surface area contributed by atoms with E-state index in [1.165, 1.54) is 0 Å². The summed E-state index contributed by atoms with van der Waals surface area (Å²) in [6.45, 7) is 4.60. The summed E-state index contributed by atoms with van der Waals surface area (Å²) in [7, 11) is 0. The number of carbonyl (C=O) groups excluding carboxylic acids is 1. The third kappa shape index (κ3) is 1.75. The van der Waals surface area contributed by atoms with Crippen molar-refractivity contribution in [3.05, 3.63) is 35.6 Å². The van der Waals surface area contributed by atoms with Crippen molar-refractivity contribution in [2.24, 2.45) is 5.92 Å². The molecule has 2 unspecified atom stereocenters. The monoisotopic (exact) mass is 244 g/mol. The number of ether oxygens (including phenoxy) is 1. The summed E-state index contributed by atoms with van der Waals surface area (Å²) in [5.74, 6) is 0.461. The van der Waals surface area contributed by atoms with Crippen LogP contribution in [0.3, 0.4) is 0 Å². The number of rotatable bonds is 2. The topological polar surface area (TPSA) is 39.4 Å². The quantitative estimate of drug-likeness (QED) is 0.760. The highest BCUT2D eigenvalue weighted by molar-refractivity contribution is 5.99. The molecule has 94 valence electrons. The largest absolute Gasteiger partial charge is 0.453 e. The van der Waals surface area contributed by atoms with Gasteiger partial charge in [-0.1, -0.05) is 18.2 Å². The zero-order valence-electron chi connectivity index (χ0n) is 10.6. The Morgan fingerprint density at radius 3 is 2.89 bits per heavy atom. The van der Waals surface area contributed by atoms with E-state index in [0.29, 0.717) is 12.4 Å². The molecule has 1 saturated heterocycles. The van der Waals surface area contributed by atoms with Gasteiger partial charge in [-0.25, -0.2) is 0 Å². The number of ketones is 1. The van der Waals surface area contributed by atoms with E-state index in [1.54, 1.807) is 0 Å². The van der Waals surface area contributed by atoms with Crippen LogP contribution in [0.25, 0.3) is 11.0 Å². The number of para-hydroxylation sites is 1. The van der Waals surface area contributed by atoms with Crippen LogP contribution in [0.15, 0.2) is 28.7 Å². The first-order valence-corrected chi connectivity index (χ1v) is 6.32.